The van der Waals surface area contributed by atoms with Gasteiger partial charge in [-0.1, -0.05) is 91.0 Å². The summed E-state index contributed by atoms with van der Waals surface area (Å²) in [5, 5.41) is 0. The van der Waals surface area contributed by atoms with Crippen LogP contribution in [-0.4, -0.2) is 49.2 Å². The summed E-state index contributed by atoms with van der Waals surface area (Å²) in [5.41, 5.74) is 29.0. The summed E-state index contributed by atoms with van der Waals surface area (Å²) in [6, 6.07) is 36.0. The average Bonchev–Trinajstić information content (AvgIpc) is 3.16. The van der Waals surface area contributed by atoms with Gasteiger partial charge in [-0.3, -0.25) is 19.8 Å². The van der Waals surface area contributed by atoms with E-state index in [0.29, 0.717) is 38.3 Å². The third kappa shape index (κ3) is 8.05. The van der Waals surface area contributed by atoms with Crippen LogP contribution in [0.2, 0.25) is 0 Å². The Morgan fingerprint density at radius 3 is 1.91 bits per heavy atom. The highest BCUT2D eigenvalue weighted by atomic mass is 16.2. The van der Waals surface area contributed by atoms with E-state index in [0.717, 1.165) is 22.5 Å². The van der Waals surface area contributed by atoms with Gasteiger partial charge in [0.2, 0.25) is 0 Å². The zero-order valence-corrected chi connectivity index (χ0v) is 25.2. The molecule has 0 saturated carbocycles. The van der Waals surface area contributed by atoms with Crippen molar-refractivity contribution >= 4 is 34.9 Å². The smallest absolute Gasteiger partial charge is 0.253 e. The first kappa shape index (κ1) is 30.8. The fraction of sp³-hybridized carbons (Fsp3) is 0.200. The number of amides is 1. The van der Waals surface area contributed by atoms with Gasteiger partial charge in [0.1, 0.15) is 6.04 Å². The van der Waals surface area contributed by atoms with Gasteiger partial charge in [0, 0.05) is 43.0 Å². The SMILES string of the molecule is NC(N)=NCCCN1C(=O)C(CN=C(N)N)N=C(c2ccccc2)c2cc(N(Cc3ccccc3)Cc3ccccc3)ccc21. The Morgan fingerprint density at radius 2 is 1.33 bits per heavy atom. The number of benzene rings is 4. The number of hydrogen-bond acceptors (Lipinski definition) is 5. The Kier molecular flexibility index (Phi) is 10.1. The molecule has 0 radical (unpaired) electrons. The zero-order valence-electron chi connectivity index (χ0n) is 25.2. The third-order valence-electron chi connectivity index (χ3n) is 7.49. The van der Waals surface area contributed by atoms with E-state index in [4.69, 9.17) is 27.9 Å². The molecule has 4 aromatic rings. The third-order valence-corrected chi connectivity index (χ3v) is 7.49. The zero-order chi connectivity index (χ0) is 31.6. The van der Waals surface area contributed by atoms with Crippen molar-refractivity contribution in [2.75, 3.05) is 29.4 Å². The van der Waals surface area contributed by atoms with Gasteiger partial charge < -0.3 is 32.7 Å². The summed E-state index contributed by atoms with van der Waals surface area (Å²) >= 11 is 0. The maximum atomic E-state index is 14.1. The Morgan fingerprint density at radius 1 is 0.756 bits per heavy atom. The lowest BCUT2D eigenvalue weighted by atomic mass is 9.98. The number of carbonyl (C=O) groups excluding carboxylic acids is 1. The van der Waals surface area contributed by atoms with E-state index in [1.807, 2.05) is 48.5 Å². The molecule has 0 bridgehead atoms. The average molecular weight is 602 g/mol. The van der Waals surface area contributed by atoms with Crippen LogP contribution in [0.25, 0.3) is 0 Å². The monoisotopic (exact) mass is 601 g/mol. The quantitative estimate of drug-likeness (QED) is 0.110. The molecule has 0 aliphatic carbocycles. The Balaban J connectivity index is 1.64. The van der Waals surface area contributed by atoms with E-state index in [-0.39, 0.29) is 24.4 Å². The number of guanidine groups is 2. The van der Waals surface area contributed by atoms with Gasteiger partial charge >= 0.3 is 0 Å². The van der Waals surface area contributed by atoms with Gasteiger partial charge in [-0.25, -0.2) is 0 Å². The highest BCUT2D eigenvalue weighted by Crippen LogP contribution is 2.33. The molecule has 1 heterocycles. The first-order valence-corrected chi connectivity index (χ1v) is 14.9. The van der Waals surface area contributed by atoms with Gasteiger partial charge in [0.15, 0.2) is 11.9 Å². The normalized spacial score (nSPS) is 14.1. The number of rotatable bonds is 12. The molecule has 1 aliphatic rings. The largest absolute Gasteiger partial charge is 0.370 e. The molecule has 0 spiro atoms. The van der Waals surface area contributed by atoms with Crippen LogP contribution in [0.4, 0.5) is 11.4 Å². The van der Waals surface area contributed by atoms with Crippen LogP contribution in [0.15, 0.2) is 124 Å². The molecular weight excluding hydrogens is 562 g/mol. The molecule has 45 heavy (non-hydrogen) atoms. The minimum atomic E-state index is -0.828. The van der Waals surface area contributed by atoms with Crippen molar-refractivity contribution in [2.24, 2.45) is 37.9 Å². The van der Waals surface area contributed by atoms with Crippen LogP contribution in [0.1, 0.15) is 28.7 Å². The van der Waals surface area contributed by atoms with Gasteiger partial charge in [-0.05, 0) is 35.7 Å². The van der Waals surface area contributed by atoms with Crippen molar-refractivity contribution in [1.82, 2.24) is 0 Å². The standard InChI is InChI=1S/C35H39N9O/c36-34(37)40-19-10-20-44-31-18-17-28(43(23-25-11-4-1-5-12-25)24-26-13-6-2-7-14-26)21-29(31)32(27-15-8-3-9-16-27)42-30(33(44)45)22-41-35(38)39/h1-9,11-18,21,30H,10,19-20,22-24H2,(H4,36,37,40)(H4,38,39,41). The summed E-state index contributed by atoms with van der Waals surface area (Å²) in [6.07, 6.45) is 0.550. The van der Waals surface area contributed by atoms with E-state index < -0.39 is 6.04 Å². The number of hydrogen-bond donors (Lipinski definition) is 4. The van der Waals surface area contributed by atoms with E-state index in [1.54, 1.807) is 4.90 Å². The summed E-state index contributed by atoms with van der Waals surface area (Å²) in [6.45, 7) is 2.18. The fourth-order valence-electron chi connectivity index (χ4n) is 5.38. The fourth-order valence-corrected chi connectivity index (χ4v) is 5.38. The second kappa shape index (κ2) is 14.7. The number of aliphatic imine (C=N–C) groups is 3. The minimum Gasteiger partial charge on any atom is -0.370 e. The molecule has 1 unspecified atom stereocenters. The summed E-state index contributed by atoms with van der Waals surface area (Å²) in [7, 11) is 0. The first-order valence-electron chi connectivity index (χ1n) is 14.9. The number of anilines is 2. The van der Waals surface area contributed by atoms with Crippen LogP contribution in [-0.2, 0) is 17.9 Å². The Bertz CT molecular complexity index is 1620. The van der Waals surface area contributed by atoms with Gasteiger partial charge in [-0.2, -0.15) is 0 Å². The van der Waals surface area contributed by atoms with Crippen molar-refractivity contribution < 1.29 is 4.79 Å². The van der Waals surface area contributed by atoms with Crippen LogP contribution < -0.4 is 32.7 Å². The van der Waals surface area contributed by atoms with Crippen LogP contribution in [0.3, 0.4) is 0 Å². The van der Waals surface area contributed by atoms with Crippen molar-refractivity contribution in [1.29, 1.82) is 0 Å². The summed E-state index contributed by atoms with van der Waals surface area (Å²) in [5.74, 6) is -0.283. The molecule has 0 saturated heterocycles. The molecule has 0 fully saturated rings. The van der Waals surface area contributed by atoms with Crippen molar-refractivity contribution in [3.05, 3.63) is 131 Å². The predicted octanol–water partition coefficient (Wildman–Crippen LogP) is 3.38. The molecule has 5 rings (SSSR count). The summed E-state index contributed by atoms with van der Waals surface area (Å²) < 4.78 is 0. The highest BCUT2D eigenvalue weighted by molar-refractivity contribution is 6.20. The highest BCUT2D eigenvalue weighted by Gasteiger charge is 2.32. The Hall–Kier alpha value is -5.64. The van der Waals surface area contributed by atoms with Crippen molar-refractivity contribution in [2.45, 2.75) is 25.6 Å². The lowest BCUT2D eigenvalue weighted by Crippen LogP contribution is -2.41. The van der Waals surface area contributed by atoms with Gasteiger partial charge in [0.25, 0.3) is 5.91 Å². The second-order valence-corrected chi connectivity index (χ2v) is 10.8. The maximum Gasteiger partial charge on any atom is 0.253 e. The molecule has 4 aromatic carbocycles. The number of nitrogens with two attached hydrogens (primary N) is 4. The van der Waals surface area contributed by atoms with Crippen LogP contribution in [0.5, 0.6) is 0 Å². The number of carbonyl (C=O) groups is 1. The molecule has 10 nitrogen and oxygen atoms in total. The molecule has 1 amide bonds. The van der Waals surface area contributed by atoms with E-state index in [9.17, 15) is 4.79 Å². The molecule has 230 valence electrons. The Labute approximate surface area is 263 Å². The van der Waals surface area contributed by atoms with Crippen molar-refractivity contribution in [3.8, 4) is 0 Å². The molecule has 10 heteroatoms. The molecule has 8 N–H and O–H groups in total. The van der Waals surface area contributed by atoms with Crippen LogP contribution >= 0.6 is 0 Å². The van der Waals surface area contributed by atoms with Crippen molar-refractivity contribution in [3.63, 3.8) is 0 Å². The van der Waals surface area contributed by atoms with Gasteiger partial charge in [-0.15, -0.1) is 0 Å². The second-order valence-electron chi connectivity index (χ2n) is 10.8. The molecule has 0 aromatic heterocycles. The minimum absolute atomic E-state index is 0.0134. The molecular formula is C35H39N9O. The number of nitrogens with zero attached hydrogens (tertiary/aromatic N) is 5. The van der Waals surface area contributed by atoms with Gasteiger partial charge in [0.05, 0.1) is 17.9 Å². The summed E-state index contributed by atoms with van der Waals surface area (Å²) in [4.78, 5) is 31.5. The molecule has 1 aliphatic heterocycles. The van der Waals surface area contributed by atoms with E-state index >= 15 is 0 Å². The lowest BCUT2D eigenvalue weighted by molar-refractivity contribution is -0.119. The molecule has 1 atom stereocenters. The topological polar surface area (TPSA) is 165 Å². The number of benzodiazepines with no additional fused rings is 1. The number of fused-ring (bicyclic) bond motifs is 1. The van der Waals surface area contributed by atoms with Crippen LogP contribution in [0, 0.1) is 0 Å². The predicted molar refractivity (Wildman–Crippen MR) is 183 cm³/mol. The van der Waals surface area contributed by atoms with E-state index in [1.165, 1.54) is 11.1 Å². The first-order chi connectivity index (χ1) is 21.9. The van der Waals surface area contributed by atoms with E-state index in [2.05, 4.69) is 75.5 Å². The lowest BCUT2D eigenvalue weighted by Gasteiger charge is -2.29. The maximum absolute atomic E-state index is 14.1.